The number of nitrogens with two attached hydrogens (primary N) is 2. The van der Waals surface area contributed by atoms with Gasteiger partial charge in [-0.05, 0) is 86.0 Å². The van der Waals surface area contributed by atoms with Crippen molar-refractivity contribution in [2.24, 2.45) is 16.7 Å². The number of thiophene rings is 1. The Morgan fingerprint density at radius 3 is 2.39 bits per heavy atom. The molecule has 238 valence electrons. The van der Waals surface area contributed by atoms with Crippen molar-refractivity contribution >= 4 is 34.9 Å². The van der Waals surface area contributed by atoms with Crippen LogP contribution in [0, 0.1) is 12.7 Å². The van der Waals surface area contributed by atoms with Gasteiger partial charge in [-0.25, -0.2) is 4.39 Å². The van der Waals surface area contributed by atoms with Crippen LogP contribution in [-0.2, 0) is 9.59 Å². The summed E-state index contributed by atoms with van der Waals surface area (Å²) in [6, 6.07) is 20.7. The van der Waals surface area contributed by atoms with E-state index in [4.69, 9.17) is 16.3 Å². The molecule has 0 radical (unpaired) electrons. The average Bonchev–Trinajstić information content (AvgIpc) is 3.74. The first kappa shape index (κ1) is 32.2. The van der Waals surface area contributed by atoms with E-state index in [1.807, 2.05) is 49.6 Å². The fourth-order valence-electron chi connectivity index (χ4n) is 5.47. The maximum atomic E-state index is 13.7. The van der Waals surface area contributed by atoms with Gasteiger partial charge in [-0.1, -0.05) is 24.3 Å². The molecule has 4 aromatic rings. The first-order valence-electron chi connectivity index (χ1n) is 14.7. The predicted octanol–water partition coefficient (Wildman–Crippen LogP) is 4.56. The van der Waals surface area contributed by atoms with Gasteiger partial charge in [0.1, 0.15) is 23.4 Å². The number of nitrogens with zero attached hydrogens (tertiary/aromatic N) is 2. The molecule has 0 unspecified atom stereocenters. The van der Waals surface area contributed by atoms with Crippen LogP contribution in [0.3, 0.4) is 0 Å². The summed E-state index contributed by atoms with van der Waals surface area (Å²) in [7, 11) is 0. The third-order valence-corrected chi connectivity index (χ3v) is 9.07. The van der Waals surface area contributed by atoms with Crippen LogP contribution in [-0.4, -0.2) is 47.6 Å². The largest absolute Gasteiger partial charge is 0.457 e. The van der Waals surface area contributed by atoms with E-state index >= 15 is 0 Å². The number of amides is 3. The van der Waals surface area contributed by atoms with Gasteiger partial charge in [-0.15, -0.1) is 11.3 Å². The first-order valence-corrected chi connectivity index (χ1v) is 15.6. The molecule has 2 heterocycles. The Morgan fingerprint density at radius 1 is 1.04 bits per heavy atom. The number of hydrogen-bond donors (Lipinski definition) is 4. The Morgan fingerprint density at radius 2 is 1.72 bits per heavy atom. The summed E-state index contributed by atoms with van der Waals surface area (Å²) in [5, 5.41) is 11.1. The van der Waals surface area contributed by atoms with Crippen molar-refractivity contribution in [3.8, 4) is 11.5 Å². The molecule has 3 amide bonds. The number of nitrogens with one attached hydrogen (secondary N) is 2. The summed E-state index contributed by atoms with van der Waals surface area (Å²) in [5.41, 5.74) is 8.99. The van der Waals surface area contributed by atoms with Crippen LogP contribution in [0.5, 0.6) is 11.5 Å². The zero-order chi connectivity index (χ0) is 32.8. The Kier molecular flexibility index (Phi) is 9.97. The Labute approximate surface area is 270 Å². The van der Waals surface area contributed by atoms with Gasteiger partial charge in [0.2, 0.25) is 11.8 Å². The normalized spacial score (nSPS) is 16.9. The number of carbonyl (C=O) groups excluding carboxylic acids is 3. The molecule has 0 saturated carbocycles. The monoisotopic (exact) mass is 642 g/mol. The number of amidine groups is 1. The zero-order valence-electron chi connectivity index (χ0n) is 25.4. The number of hydrogen-bond acceptors (Lipinski definition) is 7. The van der Waals surface area contributed by atoms with Crippen molar-refractivity contribution in [3.05, 3.63) is 117 Å². The zero-order valence-corrected chi connectivity index (χ0v) is 26.2. The maximum Gasteiger partial charge on any atom is 0.251 e. The van der Waals surface area contributed by atoms with Crippen molar-refractivity contribution in [1.82, 2.24) is 15.5 Å². The molecule has 46 heavy (non-hydrogen) atoms. The molecule has 1 fully saturated rings. The van der Waals surface area contributed by atoms with Gasteiger partial charge in [0.25, 0.3) is 5.91 Å². The van der Waals surface area contributed by atoms with E-state index < -0.39 is 11.9 Å². The summed E-state index contributed by atoms with van der Waals surface area (Å²) in [4.78, 5) is 42.5. The number of rotatable bonds is 10. The molecule has 1 aliphatic rings. The average molecular weight is 643 g/mol. The highest BCUT2D eigenvalue weighted by Crippen LogP contribution is 2.34. The van der Waals surface area contributed by atoms with E-state index in [0.717, 1.165) is 16.0 Å². The molecule has 0 bridgehead atoms. The summed E-state index contributed by atoms with van der Waals surface area (Å²) < 4.78 is 18.8. The molecule has 0 aliphatic carbocycles. The van der Waals surface area contributed by atoms with Crippen LogP contribution in [0.15, 0.2) is 89.3 Å². The van der Waals surface area contributed by atoms with Gasteiger partial charge in [-0.3, -0.25) is 14.4 Å². The quantitative estimate of drug-likeness (QED) is 0.0862. The third-order valence-electron chi connectivity index (χ3n) is 7.96. The van der Waals surface area contributed by atoms with Crippen LogP contribution >= 0.6 is 11.3 Å². The summed E-state index contributed by atoms with van der Waals surface area (Å²) >= 11 is 1.42. The van der Waals surface area contributed by atoms with Crippen LogP contribution in [0.4, 0.5) is 4.39 Å². The molecule has 1 aliphatic heterocycles. The molecule has 3 atom stereocenters. The predicted molar refractivity (Wildman–Crippen MR) is 175 cm³/mol. The Hall–Kier alpha value is -5.23. The van der Waals surface area contributed by atoms with E-state index in [-0.39, 0.29) is 42.0 Å². The SMILES string of the molecule is Cc1ccccc1[C@H]1C[C@@H](C(=O)N[C@H](C)c2cc(/C(N)=N\N)cs2)N(C(=O)CNC(=O)c2ccc(Oc3ccc(F)cc3)cc2)C1. The molecule has 6 N–H and O–H groups in total. The highest BCUT2D eigenvalue weighted by atomic mass is 32.1. The van der Waals surface area contributed by atoms with Crippen LogP contribution in [0.2, 0.25) is 0 Å². The lowest BCUT2D eigenvalue weighted by atomic mass is 9.92. The number of likely N-dealkylation sites (tertiary alicyclic amines) is 1. The second-order valence-electron chi connectivity index (χ2n) is 11.1. The minimum Gasteiger partial charge on any atom is -0.457 e. The Bertz CT molecular complexity index is 1740. The van der Waals surface area contributed by atoms with Crippen molar-refractivity contribution in [1.29, 1.82) is 0 Å². The van der Waals surface area contributed by atoms with Crippen molar-refractivity contribution < 1.29 is 23.5 Å². The van der Waals surface area contributed by atoms with Gasteiger partial charge >= 0.3 is 0 Å². The highest BCUT2D eigenvalue weighted by molar-refractivity contribution is 7.10. The number of aryl methyl sites for hydroxylation is 1. The summed E-state index contributed by atoms with van der Waals surface area (Å²) in [6.45, 7) is 3.93. The lowest BCUT2D eigenvalue weighted by Crippen LogP contribution is -2.49. The number of carbonyl (C=O) groups is 3. The molecule has 1 aromatic heterocycles. The topological polar surface area (TPSA) is 152 Å². The second-order valence-corrected chi connectivity index (χ2v) is 12.0. The number of ether oxygens (including phenoxy) is 1. The van der Waals surface area contributed by atoms with Gasteiger partial charge < -0.3 is 31.8 Å². The second kappa shape index (κ2) is 14.2. The molecule has 10 nitrogen and oxygen atoms in total. The number of halogens is 1. The van der Waals surface area contributed by atoms with Crippen LogP contribution in [0.1, 0.15) is 57.2 Å². The van der Waals surface area contributed by atoms with Gasteiger partial charge in [0.15, 0.2) is 5.84 Å². The van der Waals surface area contributed by atoms with Gasteiger partial charge in [0, 0.05) is 33.8 Å². The molecule has 1 saturated heterocycles. The number of benzene rings is 3. The Balaban J connectivity index is 1.25. The van der Waals surface area contributed by atoms with Gasteiger partial charge in [0.05, 0.1) is 12.6 Å². The molecule has 0 spiro atoms. The minimum atomic E-state index is -0.727. The lowest BCUT2D eigenvalue weighted by Gasteiger charge is -2.25. The molecule has 12 heteroatoms. The first-order chi connectivity index (χ1) is 22.1. The minimum absolute atomic E-state index is 0.0468. The standard InChI is InChI=1S/C34H35FN6O4S/c1-20-5-3-4-6-28(20)23-15-29(34(44)39-21(2)30-16-24(19-46-30)32(36)40-37)41(18-23)31(42)17-38-33(43)22-7-11-26(12-8-22)45-27-13-9-25(35)10-14-27/h3-14,16,19,21,23,29H,15,17-18,37H2,1-2H3,(H2,36,40)(H,38,43)(H,39,44)/t21-,23+,29+/m1/s1. The third kappa shape index (κ3) is 7.52. The van der Waals surface area contributed by atoms with E-state index in [9.17, 15) is 18.8 Å². The van der Waals surface area contributed by atoms with Crippen LogP contribution in [0.25, 0.3) is 0 Å². The maximum absolute atomic E-state index is 13.7. The lowest BCUT2D eigenvalue weighted by molar-refractivity contribution is -0.137. The van der Waals surface area contributed by atoms with Crippen molar-refractivity contribution in [2.75, 3.05) is 13.1 Å². The summed E-state index contributed by atoms with van der Waals surface area (Å²) in [6.07, 6.45) is 0.446. The van der Waals surface area contributed by atoms with Crippen molar-refractivity contribution in [2.45, 2.75) is 38.3 Å². The molecular weight excluding hydrogens is 607 g/mol. The highest BCUT2D eigenvalue weighted by Gasteiger charge is 2.40. The molecule has 5 rings (SSSR count). The van der Waals surface area contributed by atoms with E-state index in [0.29, 0.717) is 35.6 Å². The van der Waals surface area contributed by atoms with Crippen molar-refractivity contribution in [3.63, 3.8) is 0 Å². The van der Waals surface area contributed by atoms with E-state index in [2.05, 4.69) is 15.7 Å². The smallest absolute Gasteiger partial charge is 0.251 e. The summed E-state index contributed by atoms with van der Waals surface area (Å²) in [5.74, 6) is 4.92. The molecule has 3 aromatic carbocycles. The van der Waals surface area contributed by atoms with Crippen LogP contribution < -0.4 is 26.9 Å². The van der Waals surface area contributed by atoms with E-state index in [1.165, 1.54) is 35.6 Å². The fourth-order valence-corrected chi connectivity index (χ4v) is 6.38. The van der Waals surface area contributed by atoms with E-state index in [1.54, 1.807) is 29.2 Å². The fraction of sp³-hybridized carbons (Fsp3) is 0.235. The number of hydrazone groups is 1. The molecular formula is C34H35FN6O4S. The van der Waals surface area contributed by atoms with Gasteiger partial charge in [-0.2, -0.15) is 5.10 Å².